The number of hydrogen-bond donors (Lipinski definition) is 5. The molecule has 2 aromatic rings. The van der Waals surface area contributed by atoms with Gasteiger partial charge in [0.05, 0.1) is 11.3 Å². The summed E-state index contributed by atoms with van der Waals surface area (Å²) in [6.07, 6.45) is 3.84. The molecule has 1 heterocycles. The molecule has 6 N–H and O–H groups in total. The summed E-state index contributed by atoms with van der Waals surface area (Å²) in [5.41, 5.74) is 5.35. The summed E-state index contributed by atoms with van der Waals surface area (Å²) in [6.45, 7) is 4.88. The Bertz CT molecular complexity index is 733. The Hall–Kier alpha value is -2.87. The zero-order valence-corrected chi connectivity index (χ0v) is 14.8. The fourth-order valence-electron chi connectivity index (χ4n) is 2.26. The van der Waals surface area contributed by atoms with E-state index in [0.717, 1.165) is 30.6 Å². The Balaban J connectivity index is 2.31. The first-order chi connectivity index (χ1) is 12.1. The first kappa shape index (κ1) is 18.5. The van der Waals surface area contributed by atoms with Crippen LogP contribution in [0.3, 0.4) is 0 Å². The lowest BCUT2D eigenvalue weighted by Gasteiger charge is -2.15. The molecular weight excluding hydrogens is 318 g/mol. The number of hydrogen-bond acceptors (Lipinski definition) is 7. The van der Waals surface area contributed by atoms with E-state index in [1.54, 1.807) is 13.2 Å². The van der Waals surface area contributed by atoms with Gasteiger partial charge in [0, 0.05) is 31.0 Å². The van der Waals surface area contributed by atoms with Crippen LogP contribution in [0, 0.1) is 6.92 Å². The van der Waals surface area contributed by atoms with Gasteiger partial charge >= 0.3 is 0 Å². The Labute approximate surface area is 147 Å². The summed E-state index contributed by atoms with van der Waals surface area (Å²) >= 11 is 0. The summed E-state index contributed by atoms with van der Waals surface area (Å²) in [5.74, 6) is 6.07. The summed E-state index contributed by atoms with van der Waals surface area (Å²) in [5, 5.41) is 9.18. The normalized spacial score (nSPS) is 10.2. The lowest BCUT2D eigenvalue weighted by molar-refractivity contribution is 0.0964. The Morgan fingerprint density at radius 3 is 2.80 bits per heavy atom. The number of aromatic nitrogens is 2. The van der Waals surface area contributed by atoms with Gasteiger partial charge in [-0.3, -0.25) is 10.2 Å². The molecule has 0 radical (unpaired) electrons. The SMILES string of the molecule is CCCCNc1ccc(Nc2nc(NN)ncc2C)c(C(=O)NC)c1. The minimum absolute atomic E-state index is 0.175. The van der Waals surface area contributed by atoms with Gasteiger partial charge in [0.25, 0.3) is 5.91 Å². The highest BCUT2D eigenvalue weighted by Crippen LogP contribution is 2.25. The van der Waals surface area contributed by atoms with Crippen molar-refractivity contribution in [3.8, 4) is 0 Å². The summed E-state index contributed by atoms with van der Waals surface area (Å²) < 4.78 is 0. The molecule has 25 heavy (non-hydrogen) atoms. The van der Waals surface area contributed by atoms with Crippen molar-refractivity contribution in [2.75, 3.05) is 29.7 Å². The van der Waals surface area contributed by atoms with Crippen LogP contribution in [-0.4, -0.2) is 29.5 Å². The van der Waals surface area contributed by atoms with Crippen LogP contribution in [0.15, 0.2) is 24.4 Å². The first-order valence-corrected chi connectivity index (χ1v) is 8.26. The smallest absolute Gasteiger partial charge is 0.253 e. The van der Waals surface area contributed by atoms with Gasteiger partial charge in [0.2, 0.25) is 5.95 Å². The zero-order valence-electron chi connectivity index (χ0n) is 14.8. The lowest BCUT2D eigenvalue weighted by atomic mass is 10.1. The maximum atomic E-state index is 12.3. The van der Waals surface area contributed by atoms with Crippen LogP contribution in [0.1, 0.15) is 35.7 Å². The molecule has 0 aliphatic carbocycles. The highest BCUT2D eigenvalue weighted by atomic mass is 16.1. The molecule has 0 aliphatic rings. The molecule has 0 aliphatic heterocycles. The number of aryl methyl sites for hydroxylation is 1. The summed E-state index contributed by atoms with van der Waals surface area (Å²) in [4.78, 5) is 20.6. The lowest BCUT2D eigenvalue weighted by Crippen LogP contribution is -2.20. The highest BCUT2D eigenvalue weighted by molar-refractivity contribution is 6.01. The first-order valence-electron chi connectivity index (χ1n) is 8.26. The molecular formula is C17H25N7O. The second kappa shape index (κ2) is 8.84. The second-order valence-corrected chi connectivity index (χ2v) is 5.61. The number of unbranched alkanes of at least 4 members (excludes halogenated alkanes) is 1. The van der Waals surface area contributed by atoms with Crippen molar-refractivity contribution >= 4 is 29.0 Å². The second-order valence-electron chi connectivity index (χ2n) is 5.61. The third kappa shape index (κ3) is 4.80. The minimum Gasteiger partial charge on any atom is -0.385 e. The van der Waals surface area contributed by atoms with E-state index in [1.165, 1.54) is 0 Å². The molecule has 8 nitrogen and oxygen atoms in total. The van der Waals surface area contributed by atoms with Gasteiger partial charge in [-0.2, -0.15) is 4.98 Å². The van der Waals surface area contributed by atoms with E-state index < -0.39 is 0 Å². The van der Waals surface area contributed by atoms with Gasteiger partial charge in [-0.1, -0.05) is 13.3 Å². The van der Waals surface area contributed by atoms with Crippen molar-refractivity contribution < 1.29 is 4.79 Å². The number of carbonyl (C=O) groups is 1. The number of nitrogens with two attached hydrogens (primary N) is 1. The number of rotatable bonds is 8. The molecule has 2 rings (SSSR count). The molecule has 8 heteroatoms. The van der Waals surface area contributed by atoms with Gasteiger partial charge < -0.3 is 16.0 Å². The summed E-state index contributed by atoms with van der Waals surface area (Å²) in [7, 11) is 1.61. The van der Waals surface area contributed by atoms with Crippen LogP contribution < -0.4 is 27.2 Å². The molecule has 1 aromatic heterocycles. The predicted molar refractivity (Wildman–Crippen MR) is 101 cm³/mol. The van der Waals surface area contributed by atoms with E-state index in [2.05, 4.69) is 38.3 Å². The van der Waals surface area contributed by atoms with Gasteiger partial charge in [-0.05, 0) is 31.5 Å². The number of carbonyl (C=O) groups excluding carboxylic acids is 1. The van der Waals surface area contributed by atoms with Gasteiger partial charge in [-0.15, -0.1) is 0 Å². The average Bonchev–Trinajstić information content (AvgIpc) is 2.64. The number of hydrazine groups is 1. The maximum absolute atomic E-state index is 12.3. The number of benzene rings is 1. The number of amides is 1. The van der Waals surface area contributed by atoms with Crippen molar-refractivity contribution in [3.63, 3.8) is 0 Å². The Morgan fingerprint density at radius 2 is 2.12 bits per heavy atom. The van der Waals surface area contributed by atoms with Gasteiger partial charge in [0.1, 0.15) is 5.82 Å². The van der Waals surface area contributed by atoms with E-state index in [1.807, 2.05) is 25.1 Å². The Kier molecular flexibility index (Phi) is 6.53. The molecule has 0 unspecified atom stereocenters. The van der Waals surface area contributed by atoms with Crippen molar-refractivity contribution in [2.45, 2.75) is 26.7 Å². The van der Waals surface area contributed by atoms with Crippen molar-refractivity contribution in [3.05, 3.63) is 35.5 Å². The zero-order chi connectivity index (χ0) is 18.2. The number of nitrogens with one attached hydrogen (secondary N) is 4. The summed E-state index contributed by atoms with van der Waals surface area (Å²) in [6, 6.07) is 5.62. The van der Waals surface area contributed by atoms with Gasteiger partial charge in [-0.25, -0.2) is 10.8 Å². The van der Waals surface area contributed by atoms with Crippen molar-refractivity contribution in [2.24, 2.45) is 5.84 Å². The van der Waals surface area contributed by atoms with E-state index in [4.69, 9.17) is 5.84 Å². The fourth-order valence-corrected chi connectivity index (χ4v) is 2.26. The van der Waals surface area contributed by atoms with Gasteiger partial charge in [0.15, 0.2) is 0 Å². The van der Waals surface area contributed by atoms with E-state index in [0.29, 0.717) is 23.0 Å². The molecule has 134 valence electrons. The monoisotopic (exact) mass is 343 g/mol. The third-order valence-electron chi connectivity index (χ3n) is 3.70. The largest absolute Gasteiger partial charge is 0.385 e. The number of anilines is 4. The maximum Gasteiger partial charge on any atom is 0.253 e. The third-order valence-corrected chi connectivity index (χ3v) is 3.70. The molecule has 0 saturated carbocycles. The quantitative estimate of drug-likeness (QED) is 0.284. The van der Waals surface area contributed by atoms with Crippen molar-refractivity contribution in [1.29, 1.82) is 0 Å². The molecule has 0 saturated heterocycles. The van der Waals surface area contributed by atoms with E-state index in [9.17, 15) is 4.79 Å². The highest BCUT2D eigenvalue weighted by Gasteiger charge is 2.13. The van der Waals surface area contributed by atoms with Crippen LogP contribution in [0.2, 0.25) is 0 Å². The molecule has 0 bridgehead atoms. The van der Waals surface area contributed by atoms with Crippen LogP contribution in [0.5, 0.6) is 0 Å². The average molecular weight is 343 g/mol. The topological polar surface area (TPSA) is 117 Å². The Morgan fingerprint density at radius 1 is 1.32 bits per heavy atom. The molecule has 1 aromatic carbocycles. The van der Waals surface area contributed by atoms with Crippen LogP contribution in [-0.2, 0) is 0 Å². The number of nitrogens with zero attached hydrogens (tertiary/aromatic N) is 2. The van der Waals surface area contributed by atoms with Crippen molar-refractivity contribution in [1.82, 2.24) is 15.3 Å². The molecule has 1 amide bonds. The molecule has 0 spiro atoms. The fraction of sp³-hybridized carbons (Fsp3) is 0.353. The van der Waals surface area contributed by atoms with Crippen LogP contribution in [0.4, 0.5) is 23.1 Å². The predicted octanol–water partition coefficient (Wildman–Crippen LogP) is 2.39. The van der Waals surface area contributed by atoms with E-state index in [-0.39, 0.29) is 5.91 Å². The number of nitrogen functional groups attached to an aromatic ring is 1. The van der Waals surface area contributed by atoms with E-state index >= 15 is 0 Å². The van der Waals surface area contributed by atoms with Crippen LogP contribution in [0.25, 0.3) is 0 Å². The molecule has 0 atom stereocenters. The minimum atomic E-state index is -0.175. The molecule has 0 fully saturated rings. The standard InChI is InChI=1S/C17H25N7O/c1-4-5-8-20-12-6-7-14(13(9-12)16(25)19-3)22-15-11(2)10-21-17(23-15)24-18/h6-7,9-10,20H,4-5,8,18H2,1-3H3,(H,19,25)(H2,21,22,23,24). The van der Waals surface area contributed by atoms with Crippen LogP contribution >= 0.6 is 0 Å².